The molecule has 1 atom stereocenters. The molecular formula is C15H26N2O2. The second kappa shape index (κ2) is 8.33. The lowest BCUT2D eigenvalue weighted by atomic mass is 9.86. The molecule has 0 radical (unpaired) electrons. The highest BCUT2D eigenvalue weighted by Crippen LogP contribution is 2.27. The van der Waals surface area contributed by atoms with E-state index < -0.39 is 6.10 Å². The normalized spacial score (nSPS) is 18.6. The van der Waals surface area contributed by atoms with Crippen LogP contribution in [0.1, 0.15) is 44.9 Å². The van der Waals surface area contributed by atoms with Crippen LogP contribution in [0.25, 0.3) is 0 Å². The van der Waals surface area contributed by atoms with Crippen molar-refractivity contribution in [2.75, 3.05) is 13.2 Å². The molecule has 4 nitrogen and oxygen atoms in total. The molecule has 19 heavy (non-hydrogen) atoms. The Morgan fingerprint density at radius 3 is 2.89 bits per heavy atom. The second-order valence-electron chi connectivity index (χ2n) is 5.63. The van der Waals surface area contributed by atoms with Crippen molar-refractivity contribution in [1.29, 1.82) is 0 Å². The number of ether oxygens (including phenoxy) is 1. The smallest absolute Gasteiger partial charge is 0.0952 e. The highest BCUT2D eigenvalue weighted by Gasteiger charge is 2.12. The van der Waals surface area contributed by atoms with E-state index >= 15 is 0 Å². The molecule has 108 valence electrons. The van der Waals surface area contributed by atoms with Gasteiger partial charge in [-0.25, -0.2) is 4.98 Å². The zero-order chi connectivity index (χ0) is 13.3. The molecule has 1 N–H and O–H groups in total. The summed E-state index contributed by atoms with van der Waals surface area (Å²) in [5.74, 6) is 0.924. The van der Waals surface area contributed by atoms with Gasteiger partial charge in [-0.05, 0) is 18.8 Å². The molecule has 4 heteroatoms. The Balaban J connectivity index is 1.47. The summed E-state index contributed by atoms with van der Waals surface area (Å²) < 4.78 is 7.42. The molecule has 1 fully saturated rings. The van der Waals surface area contributed by atoms with Gasteiger partial charge in [-0.3, -0.25) is 0 Å². The van der Waals surface area contributed by atoms with E-state index in [9.17, 15) is 5.11 Å². The highest BCUT2D eigenvalue weighted by molar-refractivity contribution is 4.75. The Kier molecular flexibility index (Phi) is 6.37. The Labute approximate surface area is 115 Å². The number of rotatable bonds is 8. The molecule has 0 saturated heterocycles. The predicted octanol–water partition coefficient (Wildman–Crippen LogP) is 2.62. The lowest BCUT2D eigenvalue weighted by Crippen LogP contribution is -2.21. The van der Waals surface area contributed by atoms with Crippen molar-refractivity contribution >= 4 is 0 Å². The van der Waals surface area contributed by atoms with E-state index in [0.717, 1.165) is 18.9 Å². The first-order valence-electron chi connectivity index (χ1n) is 7.56. The first kappa shape index (κ1) is 14.5. The fourth-order valence-corrected chi connectivity index (χ4v) is 2.86. The number of nitrogens with zero attached hydrogens (tertiary/aromatic N) is 2. The Morgan fingerprint density at radius 2 is 2.16 bits per heavy atom. The third-order valence-electron chi connectivity index (χ3n) is 3.92. The maximum atomic E-state index is 9.80. The molecule has 0 aliphatic heterocycles. The molecule has 1 unspecified atom stereocenters. The van der Waals surface area contributed by atoms with Crippen LogP contribution >= 0.6 is 0 Å². The summed E-state index contributed by atoms with van der Waals surface area (Å²) >= 11 is 0. The molecule has 1 aliphatic rings. The maximum absolute atomic E-state index is 9.80. The molecule has 1 heterocycles. The summed E-state index contributed by atoms with van der Waals surface area (Å²) in [6.45, 7) is 1.75. The summed E-state index contributed by atoms with van der Waals surface area (Å²) in [5, 5.41) is 9.80. The molecule has 1 aromatic heterocycles. The summed E-state index contributed by atoms with van der Waals surface area (Å²) in [7, 11) is 0. The van der Waals surface area contributed by atoms with Gasteiger partial charge >= 0.3 is 0 Å². The van der Waals surface area contributed by atoms with Crippen LogP contribution in [0, 0.1) is 5.92 Å². The van der Waals surface area contributed by atoms with Crippen LogP contribution in [0.4, 0.5) is 0 Å². The lowest BCUT2D eigenvalue weighted by Gasteiger charge is -2.21. The summed E-state index contributed by atoms with van der Waals surface area (Å²) in [6.07, 6.45) is 14.3. The zero-order valence-electron chi connectivity index (χ0n) is 11.7. The first-order chi connectivity index (χ1) is 9.34. The molecule has 1 aromatic rings. The van der Waals surface area contributed by atoms with E-state index in [1.54, 1.807) is 12.5 Å². The van der Waals surface area contributed by atoms with Crippen LogP contribution in [0.3, 0.4) is 0 Å². The first-order valence-corrected chi connectivity index (χ1v) is 7.56. The standard InChI is InChI=1S/C15H26N2O2/c18-15(11-17-9-8-16-13-17)12-19-10-4-7-14-5-2-1-3-6-14/h8-9,13-15,18H,1-7,10-12H2. The van der Waals surface area contributed by atoms with Crippen molar-refractivity contribution in [2.45, 2.75) is 57.6 Å². The van der Waals surface area contributed by atoms with Gasteiger partial charge in [-0.1, -0.05) is 32.1 Å². The number of hydrogen-bond acceptors (Lipinski definition) is 3. The summed E-state index contributed by atoms with van der Waals surface area (Å²) in [6, 6.07) is 0. The molecule has 1 saturated carbocycles. The Morgan fingerprint density at radius 1 is 1.32 bits per heavy atom. The van der Waals surface area contributed by atoms with Gasteiger partial charge in [0.25, 0.3) is 0 Å². The molecule has 2 rings (SSSR count). The SMILES string of the molecule is OC(COCCCC1CCCCC1)Cn1ccnc1. The summed E-state index contributed by atoms with van der Waals surface area (Å²) in [5.41, 5.74) is 0. The molecular weight excluding hydrogens is 240 g/mol. The van der Waals surface area contributed by atoms with E-state index in [2.05, 4.69) is 4.98 Å². The van der Waals surface area contributed by atoms with Gasteiger partial charge in [0.2, 0.25) is 0 Å². The molecule has 0 amide bonds. The topological polar surface area (TPSA) is 47.3 Å². The number of imidazole rings is 1. The average Bonchev–Trinajstić information content (AvgIpc) is 2.92. The van der Waals surface area contributed by atoms with Crippen LogP contribution in [0.5, 0.6) is 0 Å². The van der Waals surface area contributed by atoms with Gasteiger partial charge < -0.3 is 14.4 Å². The van der Waals surface area contributed by atoms with Gasteiger partial charge in [0.05, 0.1) is 25.6 Å². The summed E-state index contributed by atoms with van der Waals surface area (Å²) in [4.78, 5) is 3.95. The van der Waals surface area contributed by atoms with E-state index in [4.69, 9.17) is 4.74 Å². The monoisotopic (exact) mass is 266 g/mol. The Hall–Kier alpha value is -0.870. The molecule has 0 aromatic carbocycles. The van der Waals surface area contributed by atoms with Crippen molar-refractivity contribution in [3.63, 3.8) is 0 Å². The fourth-order valence-electron chi connectivity index (χ4n) is 2.86. The van der Waals surface area contributed by atoms with Crippen LogP contribution in [-0.2, 0) is 11.3 Å². The average molecular weight is 266 g/mol. The van der Waals surface area contributed by atoms with Crippen LogP contribution in [0.2, 0.25) is 0 Å². The Bertz CT molecular complexity index is 321. The van der Waals surface area contributed by atoms with Crippen molar-refractivity contribution in [3.05, 3.63) is 18.7 Å². The van der Waals surface area contributed by atoms with Gasteiger partial charge in [0, 0.05) is 19.0 Å². The van der Waals surface area contributed by atoms with Crippen LogP contribution < -0.4 is 0 Å². The minimum Gasteiger partial charge on any atom is -0.389 e. The van der Waals surface area contributed by atoms with Gasteiger partial charge in [0.15, 0.2) is 0 Å². The number of aliphatic hydroxyl groups is 1. The molecule has 0 bridgehead atoms. The predicted molar refractivity (Wildman–Crippen MR) is 74.9 cm³/mol. The second-order valence-corrected chi connectivity index (χ2v) is 5.63. The number of aliphatic hydroxyl groups excluding tert-OH is 1. The lowest BCUT2D eigenvalue weighted by molar-refractivity contribution is 0.0254. The number of aromatic nitrogens is 2. The molecule has 0 spiro atoms. The van der Waals surface area contributed by atoms with Gasteiger partial charge in [-0.2, -0.15) is 0 Å². The largest absolute Gasteiger partial charge is 0.389 e. The van der Waals surface area contributed by atoms with E-state index in [0.29, 0.717) is 13.2 Å². The highest BCUT2D eigenvalue weighted by atomic mass is 16.5. The van der Waals surface area contributed by atoms with E-state index in [1.807, 2.05) is 10.8 Å². The van der Waals surface area contributed by atoms with E-state index in [-0.39, 0.29) is 0 Å². The van der Waals surface area contributed by atoms with E-state index in [1.165, 1.54) is 38.5 Å². The minimum atomic E-state index is -0.441. The molecule has 1 aliphatic carbocycles. The number of hydrogen-bond donors (Lipinski definition) is 1. The fraction of sp³-hybridized carbons (Fsp3) is 0.800. The van der Waals surface area contributed by atoms with Crippen molar-refractivity contribution in [2.24, 2.45) is 5.92 Å². The quantitative estimate of drug-likeness (QED) is 0.736. The van der Waals surface area contributed by atoms with Gasteiger partial charge in [-0.15, -0.1) is 0 Å². The van der Waals surface area contributed by atoms with Crippen molar-refractivity contribution < 1.29 is 9.84 Å². The van der Waals surface area contributed by atoms with Crippen molar-refractivity contribution in [1.82, 2.24) is 9.55 Å². The third-order valence-corrected chi connectivity index (χ3v) is 3.92. The van der Waals surface area contributed by atoms with Crippen LogP contribution in [-0.4, -0.2) is 34.0 Å². The van der Waals surface area contributed by atoms with Crippen molar-refractivity contribution in [3.8, 4) is 0 Å². The minimum absolute atomic E-state index is 0.419. The van der Waals surface area contributed by atoms with Crippen LogP contribution in [0.15, 0.2) is 18.7 Å². The third kappa shape index (κ3) is 5.74. The van der Waals surface area contributed by atoms with Gasteiger partial charge in [0.1, 0.15) is 0 Å². The zero-order valence-corrected chi connectivity index (χ0v) is 11.7. The maximum Gasteiger partial charge on any atom is 0.0952 e.